The van der Waals surface area contributed by atoms with Gasteiger partial charge in [-0.3, -0.25) is 0 Å². The van der Waals surface area contributed by atoms with Crippen molar-refractivity contribution in [2.75, 3.05) is 26.3 Å². The second-order valence-corrected chi connectivity index (χ2v) is 4.22. The van der Waals surface area contributed by atoms with Crippen molar-refractivity contribution >= 4 is 24.0 Å². The molecule has 0 bridgehead atoms. The topological polar surface area (TPSA) is 34.1 Å². The van der Waals surface area contributed by atoms with Crippen LogP contribution in [0.3, 0.4) is 0 Å². The SMILES string of the molecule is Cl.Clc1cc(CC2CNCCOC2)ccn1. The summed E-state index contributed by atoms with van der Waals surface area (Å²) in [6, 6.07) is 3.93. The minimum Gasteiger partial charge on any atom is -0.380 e. The van der Waals surface area contributed by atoms with Crippen molar-refractivity contribution in [2.24, 2.45) is 5.92 Å². The average molecular weight is 263 g/mol. The van der Waals surface area contributed by atoms with Crippen LogP contribution in [0.4, 0.5) is 0 Å². The van der Waals surface area contributed by atoms with Crippen LogP contribution >= 0.6 is 24.0 Å². The van der Waals surface area contributed by atoms with Gasteiger partial charge in [0.2, 0.25) is 0 Å². The van der Waals surface area contributed by atoms with Crippen molar-refractivity contribution in [3.63, 3.8) is 0 Å². The maximum absolute atomic E-state index is 5.84. The van der Waals surface area contributed by atoms with E-state index in [1.807, 2.05) is 12.1 Å². The summed E-state index contributed by atoms with van der Waals surface area (Å²) < 4.78 is 5.50. The summed E-state index contributed by atoms with van der Waals surface area (Å²) in [7, 11) is 0. The van der Waals surface area contributed by atoms with Gasteiger partial charge in [0.25, 0.3) is 0 Å². The molecule has 1 atom stereocenters. The van der Waals surface area contributed by atoms with E-state index < -0.39 is 0 Å². The van der Waals surface area contributed by atoms with Crippen molar-refractivity contribution in [1.82, 2.24) is 10.3 Å². The predicted molar refractivity (Wildman–Crippen MR) is 67.4 cm³/mol. The fraction of sp³-hybridized carbons (Fsp3) is 0.545. The molecule has 1 saturated heterocycles. The molecule has 1 aromatic rings. The maximum Gasteiger partial charge on any atom is 0.129 e. The molecule has 5 heteroatoms. The molecule has 1 fully saturated rings. The molecule has 1 aliphatic heterocycles. The number of hydrogen-bond donors (Lipinski definition) is 1. The summed E-state index contributed by atoms with van der Waals surface area (Å²) in [5.41, 5.74) is 1.23. The summed E-state index contributed by atoms with van der Waals surface area (Å²) >= 11 is 5.84. The molecule has 1 unspecified atom stereocenters. The van der Waals surface area contributed by atoms with E-state index >= 15 is 0 Å². The van der Waals surface area contributed by atoms with Gasteiger partial charge in [0.05, 0.1) is 13.2 Å². The molecule has 2 rings (SSSR count). The zero-order valence-corrected chi connectivity index (χ0v) is 10.6. The van der Waals surface area contributed by atoms with E-state index in [1.165, 1.54) is 5.56 Å². The van der Waals surface area contributed by atoms with E-state index in [1.54, 1.807) is 6.20 Å². The zero-order valence-electron chi connectivity index (χ0n) is 8.99. The summed E-state index contributed by atoms with van der Waals surface area (Å²) in [6.45, 7) is 3.61. The van der Waals surface area contributed by atoms with Crippen LogP contribution in [0.1, 0.15) is 5.56 Å². The zero-order chi connectivity index (χ0) is 10.5. The second-order valence-electron chi connectivity index (χ2n) is 3.84. The van der Waals surface area contributed by atoms with Gasteiger partial charge < -0.3 is 10.1 Å². The Morgan fingerprint density at radius 3 is 3.25 bits per heavy atom. The average Bonchev–Trinajstić information content (AvgIpc) is 2.46. The molecule has 1 aromatic heterocycles. The Labute approximate surface area is 107 Å². The number of ether oxygens (including phenoxy) is 1. The number of nitrogens with one attached hydrogen (secondary N) is 1. The van der Waals surface area contributed by atoms with Gasteiger partial charge in [0.1, 0.15) is 5.15 Å². The summed E-state index contributed by atoms with van der Waals surface area (Å²) in [6.07, 6.45) is 2.75. The Morgan fingerprint density at radius 1 is 1.56 bits per heavy atom. The largest absolute Gasteiger partial charge is 0.380 e. The molecule has 0 amide bonds. The lowest BCUT2D eigenvalue weighted by molar-refractivity contribution is 0.123. The van der Waals surface area contributed by atoms with E-state index in [9.17, 15) is 0 Å². The maximum atomic E-state index is 5.84. The summed E-state index contributed by atoms with van der Waals surface area (Å²) in [5.74, 6) is 0.533. The van der Waals surface area contributed by atoms with Gasteiger partial charge in [-0.25, -0.2) is 4.98 Å². The Balaban J connectivity index is 0.00000128. The smallest absolute Gasteiger partial charge is 0.129 e. The third-order valence-electron chi connectivity index (χ3n) is 2.53. The van der Waals surface area contributed by atoms with Crippen LogP contribution in [0.2, 0.25) is 5.15 Å². The van der Waals surface area contributed by atoms with Crippen LogP contribution in [0.15, 0.2) is 18.3 Å². The highest BCUT2D eigenvalue weighted by Crippen LogP contribution is 2.13. The van der Waals surface area contributed by atoms with Crippen molar-refractivity contribution in [2.45, 2.75) is 6.42 Å². The third kappa shape index (κ3) is 4.26. The van der Waals surface area contributed by atoms with Gasteiger partial charge in [-0.2, -0.15) is 0 Å². The number of hydrogen-bond acceptors (Lipinski definition) is 3. The lowest BCUT2D eigenvalue weighted by Crippen LogP contribution is -2.24. The van der Waals surface area contributed by atoms with E-state index in [-0.39, 0.29) is 12.4 Å². The van der Waals surface area contributed by atoms with Crippen LogP contribution in [0.5, 0.6) is 0 Å². The predicted octanol–water partition coefficient (Wildman–Crippen LogP) is 1.94. The lowest BCUT2D eigenvalue weighted by atomic mass is 10.0. The first-order chi connectivity index (χ1) is 7.34. The summed E-state index contributed by atoms with van der Waals surface area (Å²) in [5, 5.41) is 3.92. The van der Waals surface area contributed by atoms with Gasteiger partial charge in [-0.05, 0) is 30.0 Å². The molecule has 0 aliphatic carbocycles. The number of nitrogens with zero attached hydrogens (tertiary/aromatic N) is 1. The lowest BCUT2D eigenvalue weighted by Gasteiger charge is -2.13. The molecular weight excluding hydrogens is 247 g/mol. The van der Waals surface area contributed by atoms with Crippen molar-refractivity contribution in [3.8, 4) is 0 Å². The molecule has 0 aromatic carbocycles. The molecule has 3 nitrogen and oxygen atoms in total. The summed E-state index contributed by atoms with van der Waals surface area (Å²) in [4.78, 5) is 3.97. The fourth-order valence-electron chi connectivity index (χ4n) is 1.79. The van der Waals surface area contributed by atoms with Gasteiger partial charge in [0.15, 0.2) is 0 Å². The number of aromatic nitrogens is 1. The van der Waals surface area contributed by atoms with E-state index in [2.05, 4.69) is 10.3 Å². The molecule has 90 valence electrons. The third-order valence-corrected chi connectivity index (χ3v) is 2.73. The molecule has 0 saturated carbocycles. The normalized spacial score (nSPS) is 20.9. The van der Waals surface area contributed by atoms with Crippen LogP contribution in [-0.2, 0) is 11.2 Å². The quantitative estimate of drug-likeness (QED) is 0.828. The minimum absolute atomic E-state index is 0. The molecule has 0 spiro atoms. The van der Waals surface area contributed by atoms with Gasteiger partial charge in [0, 0.05) is 19.3 Å². The van der Waals surface area contributed by atoms with Crippen LogP contribution < -0.4 is 5.32 Å². The van der Waals surface area contributed by atoms with Gasteiger partial charge in [-0.15, -0.1) is 12.4 Å². The first-order valence-corrected chi connectivity index (χ1v) is 5.61. The molecule has 16 heavy (non-hydrogen) atoms. The molecular formula is C11H16Cl2N2O. The Morgan fingerprint density at radius 2 is 2.44 bits per heavy atom. The van der Waals surface area contributed by atoms with Gasteiger partial charge in [-0.1, -0.05) is 11.6 Å². The minimum atomic E-state index is 0. The van der Waals surface area contributed by atoms with Crippen molar-refractivity contribution in [1.29, 1.82) is 0 Å². The number of pyridine rings is 1. The Hall–Kier alpha value is -0.350. The monoisotopic (exact) mass is 262 g/mol. The Bertz CT molecular complexity index is 315. The van der Waals surface area contributed by atoms with Crippen LogP contribution in [0, 0.1) is 5.92 Å². The van der Waals surface area contributed by atoms with Crippen molar-refractivity contribution < 1.29 is 4.74 Å². The van der Waals surface area contributed by atoms with Crippen molar-refractivity contribution in [3.05, 3.63) is 29.0 Å². The second kappa shape index (κ2) is 7.07. The molecule has 1 N–H and O–H groups in total. The number of rotatable bonds is 2. The molecule has 1 aliphatic rings. The molecule has 0 radical (unpaired) electrons. The fourth-order valence-corrected chi connectivity index (χ4v) is 1.99. The number of halogens is 2. The Kier molecular flexibility index (Phi) is 6.06. The standard InChI is InChI=1S/C11H15ClN2O.ClH/c12-11-6-9(1-2-14-11)5-10-7-13-3-4-15-8-10;/h1-2,6,10,13H,3-5,7-8H2;1H. The van der Waals surface area contributed by atoms with Gasteiger partial charge >= 0.3 is 0 Å². The van der Waals surface area contributed by atoms with Crippen LogP contribution in [-0.4, -0.2) is 31.3 Å². The molecule has 2 heterocycles. The highest BCUT2D eigenvalue weighted by atomic mass is 35.5. The van der Waals surface area contributed by atoms with E-state index in [4.69, 9.17) is 16.3 Å². The van der Waals surface area contributed by atoms with Crippen LogP contribution in [0.25, 0.3) is 0 Å². The van der Waals surface area contributed by atoms with E-state index in [0.717, 1.165) is 32.7 Å². The first-order valence-electron chi connectivity index (χ1n) is 5.23. The highest BCUT2D eigenvalue weighted by Gasteiger charge is 2.12. The van der Waals surface area contributed by atoms with E-state index in [0.29, 0.717) is 11.1 Å². The first kappa shape index (κ1) is 13.7. The highest BCUT2D eigenvalue weighted by molar-refractivity contribution is 6.29.